The number of rotatable bonds is 4. The van der Waals surface area contributed by atoms with Crippen molar-refractivity contribution in [2.75, 3.05) is 17.7 Å². The highest BCUT2D eigenvalue weighted by Crippen LogP contribution is 2.37. The lowest BCUT2D eigenvalue weighted by Gasteiger charge is -2.22. The molecule has 1 heterocycles. The van der Waals surface area contributed by atoms with Crippen molar-refractivity contribution < 1.29 is 22.8 Å². The lowest BCUT2D eigenvalue weighted by molar-refractivity contribution is -0.137. The fourth-order valence-corrected chi connectivity index (χ4v) is 2.68. The molecular formula is C15H17F3N2O2S. The highest BCUT2D eigenvalue weighted by Gasteiger charge is 2.40. The smallest absolute Gasteiger partial charge is 0.343 e. The summed E-state index contributed by atoms with van der Waals surface area (Å²) in [5.41, 5.74) is -1.02. The summed E-state index contributed by atoms with van der Waals surface area (Å²) in [6.45, 7) is 1.85. The number of carbonyl (C=O) groups is 2. The Morgan fingerprint density at radius 2 is 2.04 bits per heavy atom. The molecule has 2 amide bonds. The molecule has 2 rings (SSSR count). The average Bonchev–Trinajstić information content (AvgIpc) is 2.86. The number of thioether (sulfide) groups is 1. The first kappa shape index (κ1) is 17.7. The summed E-state index contributed by atoms with van der Waals surface area (Å²) in [6, 6.07) is 4.18. The molecule has 4 nitrogen and oxygen atoms in total. The second kappa shape index (κ2) is 6.82. The number of anilines is 1. The van der Waals surface area contributed by atoms with Crippen LogP contribution < -0.4 is 10.2 Å². The topological polar surface area (TPSA) is 49.4 Å². The van der Waals surface area contributed by atoms with E-state index in [1.165, 1.54) is 30.0 Å². The van der Waals surface area contributed by atoms with E-state index < -0.39 is 23.7 Å². The maximum absolute atomic E-state index is 13.1. The molecule has 0 spiro atoms. The van der Waals surface area contributed by atoms with E-state index in [1.807, 2.05) is 0 Å². The van der Waals surface area contributed by atoms with Crippen molar-refractivity contribution in [3.8, 4) is 0 Å². The van der Waals surface area contributed by atoms with E-state index in [0.717, 1.165) is 11.0 Å². The van der Waals surface area contributed by atoms with Crippen LogP contribution in [0.2, 0.25) is 0 Å². The molecule has 1 aliphatic heterocycles. The summed E-state index contributed by atoms with van der Waals surface area (Å²) in [5.74, 6) is -0.801. The molecule has 1 aromatic rings. The van der Waals surface area contributed by atoms with Gasteiger partial charge in [0.1, 0.15) is 6.04 Å². The first-order valence-electron chi connectivity index (χ1n) is 7.06. The minimum absolute atomic E-state index is 0.143. The van der Waals surface area contributed by atoms with Gasteiger partial charge < -0.3 is 10.2 Å². The van der Waals surface area contributed by atoms with Crippen molar-refractivity contribution in [3.63, 3.8) is 0 Å². The summed E-state index contributed by atoms with van der Waals surface area (Å²) in [5, 5.41) is 2.28. The Hall–Kier alpha value is -1.70. The minimum atomic E-state index is -4.54. The molecule has 2 atom stereocenters. The van der Waals surface area contributed by atoms with E-state index in [9.17, 15) is 22.8 Å². The van der Waals surface area contributed by atoms with Crippen LogP contribution in [0.15, 0.2) is 24.3 Å². The number of nitrogens with zero attached hydrogens (tertiary/aromatic N) is 1. The minimum Gasteiger partial charge on any atom is -0.343 e. The molecule has 0 aliphatic carbocycles. The Labute approximate surface area is 136 Å². The van der Waals surface area contributed by atoms with E-state index in [2.05, 4.69) is 5.32 Å². The molecule has 0 bridgehead atoms. The second-order valence-electron chi connectivity index (χ2n) is 5.23. The van der Waals surface area contributed by atoms with Gasteiger partial charge in [0.05, 0.1) is 16.5 Å². The number of alkyl halides is 3. The summed E-state index contributed by atoms with van der Waals surface area (Å²) in [4.78, 5) is 25.3. The molecular weight excluding hydrogens is 329 g/mol. The predicted octanol–water partition coefficient (Wildman–Crippen LogP) is 2.68. The summed E-state index contributed by atoms with van der Waals surface area (Å²) >= 11 is 1.33. The maximum Gasteiger partial charge on any atom is 0.418 e. The molecule has 8 heteroatoms. The molecule has 1 aromatic carbocycles. The summed E-state index contributed by atoms with van der Waals surface area (Å²) < 4.78 is 39.2. The van der Waals surface area contributed by atoms with Crippen LogP contribution in [0, 0.1) is 0 Å². The van der Waals surface area contributed by atoms with Crippen molar-refractivity contribution >= 4 is 29.3 Å². The molecule has 0 radical (unpaired) electrons. The van der Waals surface area contributed by atoms with Crippen LogP contribution in [0.5, 0.6) is 0 Å². The molecule has 1 fully saturated rings. The van der Waals surface area contributed by atoms with Crippen molar-refractivity contribution in [2.24, 2.45) is 0 Å². The summed E-state index contributed by atoms with van der Waals surface area (Å²) in [7, 11) is 0. The van der Waals surface area contributed by atoms with Crippen LogP contribution in [0.3, 0.4) is 0 Å². The van der Waals surface area contributed by atoms with Crippen LogP contribution in [0.25, 0.3) is 0 Å². The van der Waals surface area contributed by atoms with Crippen LogP contribution in [-0.2, 0) is 15.8 Å². The number of halogens is 3. The van der Waals surface area contributed by atoms with Crippen LogP contribution in [0.1, 0.15) is 18.9 Å². The number of hydrogen-bond acceptors (Lipinski definition) is 3. The predicted molar refractivity (Wildman–Crippen MR) is 83.3 cm³/mol. The zero-order valence-corrected chi connectivity index (χ0v) is 13.5. The SMILES string of the molecule is CS[C@@H](C)C(=O)N[C@@H]1CCN(c2ccccc2C(F)(F)F)C1=O. The molecule has 0 saturated carbocycles. The Morgan fingerprint density at radius 1 is 1.39 bits per heavy atom. The van der Waals surface area contributed by atoms with Crippen molar-refractivity contribution in [2.45, 2.75) is 30.8 Å². The molecule has 1 N–H and O–H groups in total. The van der Waals surface area contributed by atoms with Crippen molar-refractivity contribution in [1.82, 2.24) is 5.32 Å². The monoisotopic (exact) mass is 346 g/mol. The third-order valence-electron chi connectivity index (χ3n) is 3.75. The number of para-hydroxylation sites is 1. The quantitative estimate of drug-likeness (QED) is 0.912. The lowest BCUT2D eigenvalue weighted by Crippen LogP contribution is -2.44. The third kappa shape index (κ3) is 3.80. The Morgan fingerprint density at radius 3 is 2.65 bits per heavy atom. The Bertz CT molecular complexity index is 607. The van der Waals surface area contributed by atoms with E-state index in [-0.39, 0.29) is 29.8 Å². The van der Waals surface area contributed by atoms with Gasteiger partial charge >= 0.3 is 6.18 Å². The van der Waals surface area contributed by atoms with Gasteiger partial charge in [0.25, 0.3) is 0 Å². The van der Waals surface area contributed by atoms with Crippen molar-refractivity contribution in [1.29, 1.82) is 0 Å². The largest absolute Gasteiger partial charge is 0.418 e. The van der Waals surface area contributed by atoms with Gasteiger partial charge in [-0.25, -0.2) is 0 Å². The standard InChI is InChI=1S/C15H17F3N2O2S/c1-9(23-2)13(21)19-11-7-8-20(14(11)22)12-6-4-3-5-10(12)15(16,17)18/h3-6,9,11H,7-8H2,1-2H3,(H,19,21)/t9-,11+/m0/s1. The molecule has 126 valence electrons. The number of nitrogens with one attached hydrogen (secondary N) is 1. The lowest BCUT2D eigenvalue weighted by atomic mass is 10.1. The van der Waals surface area contributed by atoms with Gasteiger partial charge in [0.15, 0.2) is 0 Å². The highest BCUT2D eigenvalue weighted by molar-refractivity contribution is 7.99. The van der Waals surface area contributed by atoms with E-state index in [0.29, 0.717) is 0 Å². The molecule has 0 unspecified atom stereocenters. The fourth-order valence-electron chi connectivity index (χ4n) is 2.40. The highest BCUT2D eigenvalue weighted by atomic mass is 32.2. The van der Waals surface area contributed by atoms with Crippen LogP contribution >= 0.6 is 11.8 Å². The molecule has 23 heavy (non-hydrogen) atoms. The van der Waals surface area contributed by atoms with E-state index in [1.54, 1.807) is 13.2 Å². The number of carbonyl (C=O) groups excluding carboxylic acids is 2. The maximum atomic E-state index is 13.1. The van der Waals surface area contributed by atoms with Crippen molar-refractivity contribution in [3.05, 3.63) is 29.8 Å². The van der Waals surface area contributed by atoms with Gasteiger partial charge in [-0.3, -0.25) is 9.59 Å². The van der Waals surface area contributed by atoms with E-state index in [4.69, 9.17) is 0 Å². The van der Waals surface area contributed by atoms with Crippen LogP contribution in [0.4, 0.5) is 18.9 Å². The molecule has 1 saturated heterocycles. The zero-order valence-electron chi connectivity index (χ0n) is 12.7. The van der Waals surface area contributed by atoms with Gasteiger partial charge in [-0.2, -0.15) is 24.9 Å². The van der Waals surface area contributed by atoms with E-state index >= 15 is 0 Å². The average molecular weight is 346 g/mol. The first-order valence-corrected chi connectivity index (χ1v) is 8.35. The van der Waals surface area contributed by atoms with Gasteiger partial charge in [0, 0.05) is 6.54 Å². The van der Waals surface area contributed by atoms with Gasteiger partial charge in [0.2, 0.25) is 11.8 Å². The molecule has 1 aliphatic rings. The second-order valence-corrected chi connectivity index (χ2v) is 6.41. The number of amides is 2. The zero-order chi connectivity index (χ0) is 17.2. The number of benzene rings is 1. The summed E-state index contributed by atoms with van der Waals surface area (Å²) in [6.07, 6.45) is -2.48. The Balaban J connectivity index is 2.19. The van der Waals surface area contributed by atoms with Gasteiger partial charge in [-0.05, 0) is 31.7 Å². The first-order chi connectivity index (χ1) is 10.8. The fraction of sp³-hybridized carbons (Fsp3) is 0.467. The van der Waals surface area contributed by atoms with Gasteiger partial charge in [-0.1, -0.05) is 12.1 Å². The van der Waals surface area contributed by atoms with Crippen LogP contribution in [-0.4, -0.2) is 35.9 Å². The number of hydrogen-bond donors (Lipinski definition) is 1. The molecule has 0 aromatic heterocycles. The normalized spacial score (nSPS) is 19.8. The van der Waals surface area contributed by atoms with Gasteiger partial charge in [-0.15, -0.1) is 0 Å². The third-order valence-corrected chi connectivity index (χ3v) is 4.67. The Kier molecular flexibility index (Phi) is 5.23.